The third-order valence-electron chi connectivity index (χ3n) is 3.32. The number of benzene rings is 1. The highest BCUT2D eigenvalue weighted by Gasteiger charge is 2.26. The molecule has 1 aliphatic carbocycles. The third-order valence-corrected chi connectivity index (χ3v) is 3.32. The smallest absolute Gasteiger partial charge is 0.344 e. The molecule has 0 aromatic heterocycles. The number of amides is 3. The zero-order valence-electron chi connectivity index (χ0n) is 14.2. The maximum absolute atomic E-state index is 11.8. The van der Waals surface area contributed by atoms with E-state index in [0.29, 0.717) is 18.1 Å². The zero-order valence-corrected chi connectivity index (χ0v) is 14.2. The summed E-state index contributed by atoms with van der Waals surface area (Å²) in [4.78, 5) is 34.9. The van der Waals surface area contributed by atoms with Crippen molar-refractivity contribution in [3.8, 4) is 11.5 Å². The van der Waals surface area contributed by atoms with Crippen molar-refractivity contribution in [2.24, 2.45) is 0 Å². The van der Waals surface area contributed by atoms with E-state index in [2.05, 4.69) is 10.6 Å². The Labute approximate surface area is 145 Å². The number of carbonyl (C=O) groups is 3. The molecule has 0 saturated heterocycles. The number of esters is 1. The second-order valence-corrected chi connectivity index (χ2v) is 5.56. The molecule has 1 aromatic carbocycles. The number of imide groups is 1. The number of hydrogen-bond acceptors (Lipinski definition) is 6. The molecule has 0 aliphatic heterocycles. The van der Waals surface area contributed by atoms with Crippen LogP contribution in [0.2, 0.25) is 0 Å². The minimum atomic E-state index is -1.10. The van der Waals surface area contributed by atoms with Gasteiger partial charge < -0.3 is 19.5 Å². The van der Waals surface area contributed by atoms with E-state index in [1.54, 1.807) is 24.3 Å². The van der Waals surface area contributed by atoms with E-state index < -0.39 is 24.0 Å². The zero-order chi connectivity index (χ0) is 18.2. The lowest BCUT2D eigenvalue weighted by atomic mass is 10.3. The van der Waals surface area contributed by atoms with Crippen LogP contribution in [0.1, 0.15) is 26.7 Å². The molecule has 0 heterocycles. The Morgan fingerprint density at radius 1 is 1.12 bits per heavy atom. The summed E-state index contributed by atoms with van der Waals surface area (Å²) in [6, 6.07) is 6.32. The van der Waals surface area contributed by atoms with Crippen LogP contribution in [0.3, 0.4) is 0 Å². The molecule has 1 saturated carbocycles. The molecule has 2 rings (SSSR count). The monoisotopic (exact) mass is 350 g/mol. The summed E-state index contributed by atoms with van der Waals surface area (Å²) >= 11 is 0. The fourth-order valence-electron chi connectivity index (χ4n) is 1.89. The van der Waals surface area contributed by atoms with Gasteiger partial charge in [-0.15, -0.1) is 0 Å². The summed E-state index contributed by atoms with van der Waals surface area (Å²) in [7, 11) is 0. The number of hydrogen-bond donors (Lipinski definition) is 2. The number of carbonyl (C=O) groups excluding carboxylic acids is 3. The first-order chi connectivity index (χ1) is 12.0. The predicted molar refractivity (Wildman–Crippen MR) is 88.4 cm³/mol. The molecular formula is C17H22N2O6. The van der Waals surface area contributed by atoms with E-state index in [1.807, 2.05) is 6.92 Å². The van der Waals surface area contributed by atoms with E-state index in [9.17, 15) is 14.4 Å². The highest BCUT2D eigenvalue weighted by atomic mass is 16.6. The Morgan fingerprint density at radius 2 is 1.72 bits per heavy atom. The van der Waals surface area contributed by atoms with E-state index in [-0.39, 0.29) is 12.6 Å². The van der Waals surface area contributed by atoms with Gasteiger partial charge in [0.15, 0.2) is 12.7 Å². The lowest BCUT2D eigenvalue weighted by molar-refractivity contribution is -0.156. The summed E-state index contributed by atoms with van der Waals surface area (Å²) in [6.45, 7) is 3.48. The molecule has 8 heteroatoms. The summed E-state index contributed by atoms with van der Waals surface area (Å²) in [5.74, 6) is -0.222. The molecule has 2 N–H and O–H groups in total. The average molecular weight is 350 g/mol. The van der Waals surface area contributed by atoms with Crippen LogP contribution in [0.15, 0.2) is 24.3 Å². The molecule has 136 valence electrons. The van der Waals surface area contributed by atoms with Gasteiger partial charge >= 0.3 is 12.0 Å². The first-order valence-corrected chi connectivity index (χ1v) is 8.14. The van der Waals surface area contributed by atoms with Gasteiger partial charge in [-0.2, -0.15) is 0 Å². The highest BCUT2D eigenvalue weighted by molar-refractivity contribution is 5.97. The molecule has 1 unspecified atom stereocenters. The minimum Gasteiger partial charge on any atom is -0.494 e. The van der Waals surface area contributed by atoms with Gasteiger partial charge in [0.1, 0.15) is 11.5 Å². The number of rotatable bonds is 8. The quantitative estimate of drug-likeness (QED) is 0.687. The Bertz CT molecular complexity index is 612. The lowest BCUT2D eigenvalue weighted by Gasteiger charge is -2.13. The maximum atomic E-state index is 11.8. The molecule has 8 nitrogen and oxygen atoms in total. The van der Waals surface area contributed by atoms with Crippen LogP contribution in [0.5, 0.6) is 11.5 Å². The van der Waals surface area contributed by atoms with Gasteiger partial charge in [0.05, 0.1) is 6.61 Å². The van der Waals surface area contributed by atoms with Crippen molar-refractivity contribution >= 4 is 17.9 Å². The second-order valence-electron chi connectivity index (χ2n) is 5.56. The van der Waals surface area contributed by atoms with Gasteiger partial charge in [-0.1, -0.05) is 0 Å². The van der Waals surface area contributed by atoms with Gasteiger partial charge in [0.2, 0.25) is 0 Å². The lowest BCUT2D eigenvalue weighted by Crippen LogP contribution is -2.45. The van der Waals surface area contributed by atoms with Crippen LogP contribution >= 0.6 is 0 Å². The first kappa shape index (κ1) is 18.6. The number of ether oxygens (including phenoxy) is 3. The maximum Gasteiger partial charge on any atom is 0.344 e. The fourth-order valence-corrected chi connectivity index (χ4v) is 1.89. The molecule has 0 spiro atoms. The minimum absolute atomic E-state index is 0.133. The molecule has 1 atom stereocenters. The molecule has 3 amide bonds. The van der Waals surface area contributed by atoms with Crippen molar-refractivity contribution in [1.82, 2.24) is 10.6 Å². The Balaban J connectivity index is 1.69. The van der Waals surface area contributed by atoms with E-state index >= 15 is 0 Å². The Kier molecular flexibility index (Phi) is 6.62. The van der Waals surface area contributed by atoms with Crippen LogP contribution in [-0.2, 0) is 14.3 Å². The molecule has 25 heavy (non-hydrogen) atoms. The van der Waals surface area contributed by atoms with E-state index in [1.165, 1.54) is 6.92 Å². The molecule has 0 bridgehead atoms. The van der Waals surface area contributed by atoms with Crippen LogP contribution in [0.4, 0.5) is 4.79 Å². The normalized spacial score (nSPS) is 14.2. The van der Waals surface area contributed by atoms with Crippen molar-refractivity contribution in [2.75, 3.05) is 13.2 Å². The summed E-state index contributed by atoms with van der Waals surface area (Å²) < 4.78 is 15.5. The van der Waals surface area contributed by atoms with Crippen LogP contribution in [-0.4, -0.2) is 43.3 Å². The van der Waals surface area contributed by atoms with Crippen LogP contribution in [0.25, 0.3) is 0 Å². The molecule has 1 aromatic rings. The summed E-state index contributed by atoms with van der Waals surface area (Å²) in [5.41, 5.74) is 0. The molecule has 0 radical (unpaired) electrons. The van der Waals surface area contributed by atoms with Gasteiger partial charge in [-0.25, -0.2) is 9.59 Å². The highest BCUT2D eigenvalue weighted by Crippen LogP contribution is 2.18. The Hall–Kier alpha value is -2.77. The summed E-state index contributed by atoms with van der Waals surface area (Å²) in [6.07, 6.45) is 0.728. The van der Waals surface area contributed by atoms with Crippen molar-refractivity contribution < 1.29 is 28.6 Å². The Morgan fingerprint density at radius 3 is 2.28 bits per heavy atom. The standard InChI is InChI=1S/C17H22N2O6/c1-3-23-13-6-8-14(9-7-13)24-10-15(20)25-11(2)16(21)19-17(22)18-12-4-5-12/h6-9,11-12H,3-5,10H2,1-2H3,(H2,18,19,21,22). The fraction of sp³-hybridized carbons (Fsp3) is 0.471. The topological polar surface area (TPSA) is 103 Å². The van der Waals surface area contributed by atoms with Gasteiger partial charge in [-0.05, 0) is 51.0 Å². The average Bonchev–Trinajstić information content (AvgIpc) is 3.38. The molecule has 1 aliphatic rings. The van der Waals surface area contributed by atoms with Crippen molar-refractivity contribution in [1.29, 1.82) is 0 Å². The predicted octanol–water partition coefficient (Wildman–Crippen LogP) is 1.38. The van der Waals surface area contributed by atoms with Crippen molar-refractivity contribution in [3.05, 3.63) is 24.3 Å². The number of nitrogens with one attached hydrogen (secondary N) is 2. The largest absolute Gasteiger partial charge is 0.494 e. The molecular weight excluding hydrogens is 328 g/mol. The van der Waals surface area contributed by atoms with Crippen molar-refractivity contribution in [2.45, 2.75) is 38.8 Å². The van der Waals surface area contributed by atoms with E-state index in [4.69, 9.17) is 14.2 Å². The van der Waals surface area contributed by atoms with Crippen LogP contribution in [0, 0.1) is 0 Å². The molecule has 1 fully saturated rings. The summed E-state index contributed by atoms with van der Waals surface area (Å²) in [5, 5.41) is 4.73. The van der Waals surface area contributed by atoms with Gasteiger partial charge in [0.25, 0.3) is 5.91 Å². The van der Waals surface area contributed by atoms with Gasteiger partial charge in [0, 0.05) is 6.04 Å². The number of urea groups is 1. The third kappa shape index (κ3) is 6.70. The van der Waals surface area contributed by atoms with Gasteiger partial charge in [-0.3, -0.25) is 10.1 Å². The SMILES string of the molecule is CCOc1ccc(OCC(=O)OC(C)C(=O)NC(=O)NC2CC2)cc1. The second kappa shape index (κ2) is 8.91. The van der Waals surface area contributed by atoms with Crippen molar-refractivity contribution in [3.63, 3.8) is 0 Å². The van der Waals surface area contributed by atoms with E-state index in [0.717, 1.165) is 12.8 Å². The van der Waals surface area contributed by atoms with Crippen LogP contribution < -0.4 is 20.1 Å². The first-order valence-electron chi connectivity index (χ1n) is 8.14.